The van der Waals surface area contributed by atoms with Crippen LogP contribution in [0.2, 0.25) is 0 Å². The number of anilines is 1. The van der Waals surface area contributed by atoms with Crippen LogP contribution in [0.25, 0.3) is 16.7 Å². The Morgan fingerprint density at radius 3 is 2.44 bits per heavy atom. The number of nitrogens with one attached hydrogen (secondary N) is 1. The minimum atomic E-state index is -0.445. The van der Waals surface area contributed by atoms with Crippen LogP contribution in [-0.4, -0.2) is 43.5 Å². The minimum absolute atomic E-state index is 0.0789. The summed E-state index contributed by atoms with van der Waals surface area (Å²) in [6.45, 7) is 14.4. The third-order valence-electron chi connectivity index (χ3n) is 5.27. The van der Waals surface area contributed by atoms with Gasteiger partial charge in [0.15, 0.2) is 11.6 Å². The summed E-state index contributed by atoms with van der Waals surface area (Å²) in [6, 6.07) is 5.63. The van der Waals surface area contributed by atoms with Gasteiger partial charge in [-0.3, -0.25) is 14.0 Å². The highest BCUT2D eigenvalue weighted by Crippen LogP contribution is 2.26. The van der Waals surface area contributed by atoms with Gasteiger partial charge in [0.2, 0.25) is 5.65 Å². The first kappa shape index (κ1) is 25.6. The number of esters is 1. The first-order valence-electron chi connectivity index (χ1n) is 12.0. The molecule has 0 atom stereocenters. The van der Waals surface area contributed by atoms with Crippen LogP contribution in [0.15, 0.2) is 18.2 Å². The average Bonchev–Trinajstić information content (AvgIpc) is 3.09. The summed E-state index contributed by atoms with van der Waals surface area (Å²) in [5, 5.41) is 11.9. The molecule has 0 amide bonds. The molecule has 3 aromatic rings. The molecule has 0 aliphatic carbocycles. The monoisotopic (exact) mass is 467 g/mol. The van der Waals surface area contributed by atoms with Gasteiger partial charge in [-0.25, -0.2) is 4.98 Å². The Kier molecular flexibility index (Phi) is 7.58. The average molecular weight is 468 g/mol. The number of aromatic nitrogens is 4. The van der Waals surface area contributed by atoms with E-state index in [0.29, 0.717) is 36.4 Å². The van der Waals surface area contributed by atoms with E-state index >= 15 is 0 Å². The van der Waals surface area contributed by atoms with E-state index in [4.69, 9.17) is 9.72 Å². The molecular weight excluding hydrogens is 430 g/mol. The van der Waals surface area contributed by atoms with Crippen LogP contribution in [0.4, 0.5) is 5.82 Å². The number of benzene rings is 1. The molecular formula is C26H37N5O3. The van der Waals surface area contributed by atoms with Gasteiger partial charge in [0.1, 0.15) is 11.4 Å². The number of hydrogen-bond acceptors (Lipinski definition) is 7. The number of ether oxygens (including phenoxy) is 1. The van der Waals surface area contributed by atoms with Crippen molar-refractivity contribution in [2.45, 2.75) is 86.2 Å². The van der Waals surface area contributed by atoms with Gasteiger partial charge >= 0.3 is 5.97 Å². The second-order valence-electron chi connectivity index (χ2n) is 11.1. The summed E-state index contributed by atoms with van der Waals surface area (Å²) in [5.74, 6) is 1.35. The van der Waals surface area contributed by atoms with Gasteiger partial charge in [-0.2, -0.15) is 0 Å². The maximum absolute atomic E-state index is 12.8. The maximum atomic E-state index is 12.8. The number of unbranched alkanes of at least 4 members (excludes halogenated alkanes) is 2. The van der Waals surface area contributed by atoms with Gasteiger partial charge in [-0.15, -0.1) is 10.2 Å². The SMILES string of the molecule is Cc1nnc2c(NCCCCCC(=O)OC(C)(C)C)nc3cc(C(=O)CC(C)(C)C)ccc3n12. The molecule has 8 heteroatoms. The summed E-state index contributed by atoms with van der Waals surface area (Å²) in [5.41, 5.74) is 2.39. The molecule has 2 aromatic heterocycles. The fourth-order valence-electron chi connectivity index (χ4n) is 3.82. The lowest BCUT2D eigenvalue weighted by Gasteiger charge is -2.19. The van der Waals surface area contributed by atoms with Crippen LogP contribution < -0.4 is 5.32 Å². The predicted octanol–water partition coefficient (Wildman–Crippen LogP) is 5.52. The number of ketones is 1. The molecule has 2 heterocycles. The topological polar surface area (TPSA) is 98.5 Å². The number of rotatable bonds is 9. The Bertz CT molecular complexity index is 1190. The van der Waals surface area contributed by atoms with Crippen molar-refractivity contribution in [1.29, 1.82) is 0 Å². The lowest BCUT2D eigenvalue weighted by Crippen LogP contribution is -2.23. The number of nitrogens with zero attached hydrogens (tertiary/aromatic N) is 4. The van der Waals surface area contributed by atoms with Crippen molar-refractivity contribution in [3.05, 3.63) is 29.6 Å². The Labute approximate surface area is 201 Å². The molecule has 34 heavy (non-hydrogen) atoms. The van der Waals surface area contributed by atoms with Crippen molar-refractivity contribution in [2.75, 3.05) is 11.9 Å². The van der Waals surface area contributed by atoms with E-state index < -0.39 is 5.60 Å². The van der Waals surface area contributed by atoms with Crippen LogP contribution in [0.1, 0.15) is 89.8 Å². The third-order valence-corrected chi connectivity index (χ3v) is 5.27. The summed E-state index contributed by atoms with van der Waals surface area (Å²) < 4.78 is 7.31. The number of fused-ring (bicyclic) bond motifs is 3. The van der Waals surface area contributed by atoms with Crippen LogP contribution in [0.5, 0.6) is 0 Å². The van der Waals surface area contributed by atoms with Gasteiger partial charge in [0.05, 0.1) is 11.0 Å². The molecule has 0 spiro atoms. The zero-order valence-corrected chi connectivity index (χ0v) is 21.5. The molecule has 0 radical (unpaired) electrons. The standard InChI is InChI=1S/C26H37N5O3/c1-17-29-30-24-23(27-14-10-8-9-11-22(33)34-26(5,6)7)28-19-15-18(12-13-20(19)31(17)24)21(32)16-25(2,3)4/h12-13,15H,8-11,14,16H2,1-7H3,(H,27,28). The number of carbonyl (C=O) groups excluding carboxylic acids is 2. The van der Waals surface area contributed by atoms with Gasteiger partial charge in [-0.05, 0) is 64.2 Å². The second kappa shape index (κ2) is 10.1. The zero-order chi connectivity index (χ0) is 25.1. The number of carbonyl (C=O) groups is 2. The normalized spacial score (nSPS) is 12.3. The summed E-state index contributed by atoms with van der Waals surface area (Å²) in [4.78, 5) is 29.4. The molecule has 0 saturated heterocycles. The van der Waals surface area contributed by atoms with Crippen LogP contribution >= 0.6 is 0 Å². The van der Waals surface area contributed by atoms with Crippen LogP contribution in [0.3, 0.4) is 0 Å². The van der Waals surface area contributed by atoms with Gasteiger partial charge in [0.25, 0.3) is 0 Å². The van der Waals surface area contributed by atoms with E-state index in [0.717, 1.165) is 36.1 Å². The molecule has 8 nitrogen and oxygen atoms in total. The Balaban J connectivity index is 1.70. The van der Waals surface area contributed by atoms with E-state index in [1.807, 2.05) is 50.3 Å². The van der Waals surface area contributed by atoms with Crippen LogP contribution in [0, 0.1) is 12.3 Å². The summed E-state index contributed by atoms with van der Waals surface area (Å²) in [7, 11) is 0. The lowest BCUT2D eigenvalue weighted by atomic mass is 9.88. The molecule has 1 aromatic carbocycles. The summed E-state index contributed by atoms with van der Waals surface area (Å²) >= 11 is 0. The Hall–Kier alpha value is -3.03. The van der Waals surface area contributed by atoms with Gasteiger partial charge in [0, 0.05) is 24.9 Å². The van der Waals surface area contributed by atoms with Gasteiger partial charge in [-0.1, -0.05) is 27.2 Å². The van der Waals surface area contributed by atoms with E-state index in [1.165, 1.54) is 0 Å². The van der Waals surface area contributed by atoms with E-state index in [9.17, 15) is 9.59 Å². The Morgan fingerprint density at radius 2 is 1.76 bits per heavy atom. The number of Topliss-reactive ketones (excluding diaryl/α,β-unsaturated/α-hetero) is 1. The largest absolute Gasteiger partial charge is 0.460 e. The van der Waals surface area contributed by atoms with Gasteiger partial charge < -0.3 is 10.1 Å². The van der Waals surface area contributed by atoms with Crippen molar-refractivity contribution < 1.29 is 14.3 Å². The highest BCUT2D eigenvalue weighted by Gasteiger charge is 2.19. The molecule has 0 aliphatic heterocycles. The minimum Gasteiger partial charge on any atom is -0.460 e. The molecule has 0 saturated carbocycles. The molecule has 184 valence electrons. The third kappa shape index (κ3) is 6.74. The fourth-order valence-corrected chi connectivity index (χ4v) is 3.82. The molecule has 0 unspecified atom stereocenters. The highest BCUT2D eigenvalue weighted by atomic mass is 16.6. The van der Waals surface area contributed by atoms with Crippen LogP contribution in [-0.2, 0) is 9.53 Å². The fraction of sp³-hybridized carbons (Fsp3) is 0.577. The second-order valence-corrected chi connectivity index (χ2v) is 11.1. The maximum Gasteiger partial charge on any atom is 0.306 e. The number of aryl methyl sites for hydroxylation is 1. The first-order valence-corrected chi connectivity index (χ1v) is 12.0. The van der Waals surface area contributed by atoms with E-state index in [-0.39, 0.29) is 17.2 Å². The quantitative estimate of drug-likeness (QED) is 0.251. The summed E-state index contributed by atoms with van der Waals surface area (Å²) in [6.07, 6.45) is 3.45. The van der Waals surface area contributed by atoms with Crippen molar-refractivity contribution in [3.8, 4) is 0 Å². The van der Waals surface area contributed by atoms with Crippen molar-refractivity contribution >= 4 is 34.3 Å². The molecule has 0 bridgehead atoms. The van der Waals surface area contributed by atoms with E-state index in [2.05, 4.69) is 36.3 Å². The Morgan fingerprint density at radius 1 is 1.03 bits per heavy atom. The molecule has 3 rings (SSSR count). The van der Waals surface area contributed by atoms with Crippen molar-refractivity contribution in [1.82, 2.24) is 19.6 Å². The van der Waals surface area contributed by atoms with Crippen molar-refractivity contribution in [3.63, 3.8) is 0 Å². The van der Waals surface area contributed by atoms with Crippen molar-refractivity contribution in [2.24, 2.45) is 5.41 Å². The molecule has 1 N–H and O–H groups in total. The predicted molar refractivity (Wildman–Crippen MR) is 134 cm³/mol. The van der Waals surface area contributed by atoms with E-state index in [1.54, 1.807) is 0 Å². The first-order chi connectivity index (χ1) is 15.8. The molecule has 0 fully saturated rings. The molecule has 0 aliphatic rings. The zero-order valence-electron chi connectivity index (χ0n) is 21.5. The lowest BCUT2D eigenvalue weighted by molar-refractivity contribution is -0.154. The highest BCUT2D eigenvalue weighted by molar-refractivity contribution is 5.99. The smallest absolute Gasteiger partial charge is 0.306 e. The number of hydrogen-bond donors (Lipinski definition) is 1.